The van der Waals surface area contributed by atoms with Crippen molar-refractivity contribution < 1.29 is 43.0 Å². The van der Waals surface area contributed by atoms with E-state index in [1.165, 1.54) is 10.1 Å². The van der Waals surface area contributed by atoms with Crippen LogP contribution in [0.15, 0.2) is 114 Å². The van der Waals surface area contributed by atoms with Crippen molar-refractivity contribution in [2.75, 3.05) is 24.7 Å². The van der Waals surface area contributed by atoms with Gasteiger partial charge in [0.05, 0.1) is 35.5 Å². The molecule has 0 spiro atoms. The third-order valence-electron chi connectivity index (χ3n) is 16.2. The molecule has 1 saturated heterocycles. The van der Waals surface area contributed by atoms with Gasteiger partial charge in [0.1, 0.15) is 24.7 Å². The number of rotatable bonds is 23. The molecule has 4 heterocycles. The quantitative estimate of drug-likeness (QED) is 0.0375. The minimum Gasteiger partial charge on any atom is -0.449 e. The Morgan fingerprint density at radius 2 is 1.46 bits per heavy atom. The van der Waals surface area contributed by atoms with Crippen molar-refractivity contribution in [3.63, 3.8) is 0 Å². The number of primary amides is 1. The molecule has 1 fully saturated rings. The monoisotopic (exact) mass is 1070 g/mol. The fourth-order valence-corrected chi connectivity index (χ4v) is 11.9. The average Bonchev–Trinajstić information content (AvgIpc) is 4.29. The van der Waals surface area contributed by atoms with Crippen LogP contribution in [0.3, 0.4) is 0 Å². The number of para-hydroxylation sites is 1. The molecule has 6 aromatic rings. The number of alkyl carbamates (subject to hydrolysis) is 1. The van der Waals surface area contributed by atoms with Gasteiger partial charge in [0, 0.05) is 45.4 Å². The van der Waals surface area contributed by atoms with E-state index < -0.39 is 48.2 Å². The third-order valence-corrected chi connectivity index (χ3v) is 16.2. The number of anilines is 1. The zero-order valence-electron chi connectivity index (χ0n) is 44.9. The number of carbonyl (C=O) groups excluding carboxylic acids is 6. The van der Waals surface area contributed by atoms with Gasteiger partial charge in [-0.05, 0) is 127 Å². The number of carbonyl (C=O) groups is 6. The number of hydrogen-bond acceptors (Lipinski definition) is 10. The number of amides is 6. The Bertz CT molecular complexity index is 3280. The van der Waals surface area contributed by atoms with Crippen molar-refractivity contribution in [1.82, 2.24) is 25.1 Å². The first-order valence-corrected chi connectivity index (χ1v) is 27.8. The Hall–Kier alpha value is -7.89. The Kier molecular flexibility index (Phi) is 16.8. The van der Waals surface area contributed by atoms with Crippen molar-refractivity contribution in [3.05, 3.63) is 159 Å². The zero-order valence-corrected chi connectivity index (χ0v) is 44.9. The second-order valence-corrected chi connectivity index (χ2v) is 21.4. The second-order valence-electron chi connectivity index (χ2n) is 21.4. The predicted molar refractivity (Wildman–Crippen MR) is 298 cm³/mol. The second kappa shape index (κ2) is 24.4. The van der Waals surface area contributed by atoms with Gasteiger partial charge >= 0.3 is 11.8 Å². The molecule has 1 aromatic heterocycles. The molecule has 0 radical (unpaired) electrons. The molecule has 10 rings (SSSR count). The number of ether oxygens (including phenoxy) is 3. The number of imide groups is 1. The Morgan fingerprint density at radius 1 is 0.759 bits per heavy atom. The summed E-state index contributed by atoms with van der Waals surface area (Å²) in [5.74, 6) is -2.18. The molecule has 17 nitrogen and oxygen atoms in total. The maximum Gasteiger partial charge on any atom is 0.407 e. The van der Waals surface area contributed by atoms with E-state index in [-0.39, 0.29) is 68.2 Å². The lowest BCUT2D eigenvalue weighted by molar-refractivity contribution is -0.135. The average molecular weight is 1070 g/mol. The highest BCUT2D eigenvalue weighted by Crippen LogP contribution is 2.45. The number of aromatic nitrogens is 2. The Labute approximate surface area is 459 Å². The van der Waals surface area contributed by atoms with E-state index in [2.05, 4.69) is 52.3 Å². The van der Waals surface area contributed by atoms with Crippen molar-refractivity contribution in [1.29, 1.82) is 0 Å². The minimum atomic E-state index is -0.932. The van der Waals surface area contributed by atoms with Crippen molar-refractivity contribution in [2.24, 2.45) is 12.8 Å². The fourth-order valence-electron chi connectivity index (χ4n) is 11.9. The highest BCUT2D eigenvalue weighted by Gasteiger charge is 2.45. The largest absolute Gasteiger partial charge is 0.449 e. The van der Waals surface area contributed by atoms with Crippen LogP contribution in [0.5, 0.6) is 0 Å². The number of unbranched alkanes of at least 4 members (excludes halogenated alkanes) is 2. The summed E-state index contributed by atoms with van der Waals surface area (Å²) in [7, 11) is 1.71. The summed E-state index contributed by atoms with van der Waals surface area (Å²) in [4.78, 5) is 93.4. The number of hydrogen-bond donors (Lipinski definition) is 4. The molecule has 6 amide bonds. The smallest absolute Gasteiger partial charge is 0.407 e. The normalized spacial score (nSPS) is 18.3. The molecule has 1 aliphatic carbocycles. The maximum atomic E-state index is 14.5. The summed E-state index contributed by atoms with van der Waals surface area (Å²) in [5, 5.41) is 8.33. The summed E-state index contributed by atoms with van der Waals surface area (Å²) in [6, 6.07) is 33.0. The Balaban J connectivity index is 0.664. The van der Waals surface area contributed by atoms with Crippen LogP contribution in [0.25, 0.3) is 22.2 Å². The summed E-state index contributed by atoms with van der Waals surface area (Å²) in [6.07, 6.45) is 6.17. The first-order chi connectivity index (χ1) is 38.3. The number of fused-ring (bicyclic) bond motifs is 4. The number of nitrogens with two attached hydrogens (primary N) is 1. The number of imidazole rings is 1. The van der Waals surface area contributed by atoms with Crippen LogP contribution in [-0.4, -0.2) is 88.8 Å². The molecular weight excluding hydrogens is 1000 g/mol. The molecule has 0 saturated carbocycles. The van der Waals surface area contributed by atoms with Crippen LogP contribution in [0.4, 0.5) is 10.5 Å². The summed E-state index contributed by atoms with van der Waals surface area (Å²) < 4.78 is 21.2. The lowest BCUT2D eigenvalue weighted by atomic mass is 9.98. The molecule has 0 bridgehead atoms. The molecule has 5 atom stereocenters. The molecule has 412 valence electrons. The van der Waals surface area contributed by atoms with Crippen molar-refractivity contribution in [3.8, 4) is 11.1 Å². The molecule has 5 N–H and O–H groups in total. The predicted octanol–water partition coefficient (Wildman–Crippen LogP) is 7.15. The first kappa shape index (κ1) is 54.5. The van der Waals surface area contributed by atoms with Crippen LogP contribution < -0.4 is 32.3 Å². The zero-order chi connectivity index (χ0) is 55.2. The van der Waals surface area contributed by atoms with Crippen LogP contribution in [0.2, 0.25) is 0 Å². The number of nitrogens with one attached hydrogen (secondary N) is 3. The van der Waals surface area contributed by atoms with E-state index in [4.69, 9.17) is 19.9 Å². The van der Waals surface area contributed by atoms with Gasteiger partial charge in [-0.25, -0.2) is 9.59 Å². The number of piperidine rings is 1. The highest BCUT2D eigenvalue weighted by molar-refractivity contribution is 6.07. The van der Waals surface area contributed by atoms with E-state index >= 15 is 0 Å². The van der Waals surface area contributed by atoms with Gasteiger partial charge in [-0.2, -0.15) is 0 Å². The van der Waals surface area contributed by atoms with Crippen molar-refractivity contribution in [2.45, 2.75) is 133 Å². The Morgan fingerprint density at radius 3 is 2.20 bits per heavy atom. The minimum absolute atomic E-state index is 0.0246. The molecule has 4 aliphatic rings. The molecule has 79 heavy (non-hydrogen) atoms. The van der Waals surface area contributed by atoms with E-state index in [0.717, 1.165) is 88.5 Å². The van der Waals surface area contributed by atoms with Gasteiger partial charge in [-0.3, -0.25) is 43.3 Å². The van der Waals surface area contributed by atoms with Gasteiger partial charge in [-0.15, -0.1) is 0 Å². The number of benzene rings is 5. The van der Waals surface area contributed by atoms with Gasteiger partial charge in [0.2, 0.25) is 29.5 Å². The van der Waals surface area contributed by atoms with Crippen molar-refractivity contribution >= 4 is 52.3 Å². The summed E-state index contributed by atoms with van der Waals surface area (Å²) in [6.45, 7) is 3.54. The lowest BCUT2D eigenvalue weighted by Gasteiger charge is -2.31. The topological polar surface area (TPSA) is 222 Å². The third kappa shape index (κ3) is 12.1. The molecule has 17 heteroatoms. The fraction of sp³-hybridized carbons (Fsp3) is 0.403. The van der Waals surface area contributed by atoms with Gasteiger partial charge in [-0.1, -0.05) is 103 Å². The molecular formula is C62H69N7O10. The summed E-state index contributed by atoms with van der Waals surface area (Å²) in [5.41, 5.74) is 16.9. The van der Waals surface area contributed by atoms with Gasteiger partial charge in [0.15, 0.2) is 0 Å². The standard InChI is InChI=1S/C62H69N7O10/c1-38(78-36-41-22-20-39(21-23-41)13-11-33-77-32-9-3-4-12-40-24-28-51-53(34-40)67(2)62(76)68(51)52-29-31-56(71)66-58(52)72)49(27-30-55(63)70)64-59(73)54-35-43-15-10-14-42-25-26-50(60(74)69(54)57(42)43)65-61(75)79-37-48-46-18-7-5-16-44(46)45-17-6-8-19-47(45)48/h5-8,10,14-24,28,34,38,48-50,52,54H,3-4,9,11-13,25-27,29-33,35-37H2,1-2H3,(H2,63,70)(H,64,73)(H,65,75)(H,66,71,72)/t38-,49+,50+,52?,54+/m1/s1. The van der Waals surface area contributed by atoms with Gasteiger partial charge < -0.3 is 30.6 Å². The lowest BCUT2D eigenvalue weighted by Crippen LogP contribution is -2.56. The molecule has 1 unspecified atom stereocenters. The van der Waals surface area contributed by atoms with E-state index in [1.54, 1.807) is 16.5 Å². The number of aryl methyl sites for hydroxylation is 4. The van der Waals surface area contributed by atoms with E-state index in [1.807, 2.05) is 79.7 Å². The number of nitrogens with zero attached hydrogens (tertiary/aromatic N) is 3. The first-order valence-electron chi connectivity index (χ1n) is 27.8. The van der Waals surface area contributed by atoms with E-state index in [9.17, 15) is 33.6 Å². The van der Waals surface area contributed by atoms with Crippen LogP contribution >= 0.6 is 0 Å². The molecule has 3 aliphatic heterocycles. The SMILES string of the molecule is C[C@@H](OCc1ccc(CCCOCCCCCc2ccc3c(c2)n(C)c(=O)n3C2CCC(=O)NC2=O)cc1)[C@H](CCC(N)=O)NC(=O)[C@@H]1Cc2cccc3c2N1C(=O)[C@@H](NC(=O)OCC1c2ccccc2-c2ccccc21)CC3. The maximum absolute atomic E-state index is 14.5. The van der Waals surface area contributed by atoms with E-state index in [0.29, 0.717) is 43.7 Å². The summed E-state index contributed by atoms with van der Waals surface area (Å²) >= 11 is 0. The highest BCUT2D eigenvalue weighted by atomic mass is 16.5. The van der Waals surface area contributed by atoms with Gasteiger partial charge in [0.25, 0.3) is 0 Å². The molecule has 5 aromatic carbocycles. The van der Waals surface area contributed by atoms with Crippen LogP contribution in [-0.2, 0) is 77.5 Å². The van der Waals surface area contributed by atoms with Crippen LogP contribution in [0.1, 0.15) is 116 Å². The van der Waals surface area contributed by atoms with Crippen LogP contribution in [0, 0.1) is 0 Å².